The van der Waals surface area contributed by atoms with Gasteiger partial charge in [-0.2, -0.15) is 0 Å². The second kappa shape index (κ2) is 4.99. The van der Waals surface area contributed by atoms with Crippen LogP contribution in [0.1, 0.15) is 25.7 Å². The van der Waals surface area contributed by atoms with Crippen molar-refractivity contribution in [1.82, 2.24) is 24.7 Å². The van der Waals surface area contributed by atoms with Crippen LogP contribution in [-0.4, -0.2) is 31.8 Å². The van der Waals surface area contributed by atoms with E-state index in [4.69, 9.17) is 5.73 Å². The molecule has 0 unspecified atom stereocenters. The summed E-state index contributed by atoms with van der Waals surface area (Å²) >= 11 is 0. The molecule has 2 N–H and O–H groups in total. The summed E-state index contributed by atoms with van der Waals surface area (Å²) in [6.07, 6.45) is 4.93. The topological polar surface area (TPSA) is 85.8 Å². The van der Waals surface area contributed by atoms with E-state index in [9.17, 15) is 0 Å². The van der Waals surface area contributed by atoms with Gasteiger partial charge >= 0.3 is 0 Å². The Bertz CT molecular complexity index is 520. The maximum absolute atomic E-state index is 5.61. The average molecular weight is 247 g/mol. The Balaban J connectivity index is 2.16. The smallest absolute Gasteiger partial charge is 0.152 e. The van der Waals surface area contributed by atoms with Gasteiger partial charge in [-0.3, -0.25) is 4.98 Å². The van der Waals surface area contributed by atoms with Crippen molar-refractivity contribution < 1.29 is 0 Å². The van der Waals surface area contributed by atoms with Gasteiger partial charge in [-0.25, -0.2) is 4.98 Å². The van der Waals surface area contributed by atoms with E-state index in [2.05, 4.69) is 34.0 Å². The minimum atomic E-state index is 0.329. The van der Waals surface area contributed by atoms with Gasteiger partial charge in [0.1, 0.15) is 18.0 Å². The van der Waals surface area contributed by atoms with Gasteiger partial charge in [0, 0.05) is 13.1 Å². The number of aromatic nitrogens is 5. The first kappa shape index (κ1) is 12.3. The van der Waals surface area contributed by atoms with E-state index in [1.165, 1.54) is 6.20 Å². The molecule has 0 saturated carbocycles. The van der Waals surface area contributed by atoms with Crippen molar-refractivity contribution in [2.45, 2.75) is 26.4 Å². The van der Waals surface area contributed by atoms with E-state index < -0.39 is 0 Å². The summed E-state index contributed by atoms with van der Waals surface area (Å²) in [4.78, 5) is 10.2. The number of nitrogens with zero attached hydrogens (tertiary/aromatic N) is 6. The number of anilines is 2. The quantitative estimate of drug-likeness (QED) is 0.862. The third-order valence-corrected chi connectivity index (χ3v) is 2.61. The van der Waals surface area contributed by atoms with Crippen molar-refractivity contribution in [2.75, 3.05) is 17.7 Å². The summed E-state index contributed by atoms with van der Waals surface area (Å²) < 4.78 is 2.02. The van der Waals surface area contributed by atoms with Crippen LogP contribution in [0.2, 0.25) is 0 Å². The van der Waals surface area contributed by atoms with Crippen molar-refractivity contribution in [2.24, 2.45) is 0 Å². The summed E-state index contributed by atoms with van der Waals surface area (Å²) in [5.74, 6) is 2.01. The second-order valence-corrected chi connectivity index (χ2v) is 4.41. The van der Waals surface area contributed by atoms with E-state index in [0.717, 1.165) is 5.82 Å². The molecule has 2 heterocycles. The Kier molecular flexibility index (Phi) is 3.40. The molecule has 18 heavy (non-hydrogen) atoms. The Morgan fingerprint density at radius 1 is 1.39 bits per heavy atom. The molecule has 2 rings (SSSR count). The number of nitrogens with two attached hydrogens (primary N) is 1. The van der Waals surface area contributed by atoms with Crippen LogP contribution in [0.5, 0.6) is 0 Å². The molecule has 96 valence electrons. The zero-order valence-corrected chi connectivity index (χ0v) is 10.8. The molecule has 0 aliphatic rings. The maximum atomic E-state index is 5.61. The minimum absolute atomic E-state index is 0.329. The van der Waals surface area contributed by atoms with E-state index >= 15 is 0 Å². The van der Waals surface area contributed by atoms with Crippen molar-refractivity contribution in [3.8, 4) is 0 Å². The van der Waals surface area contributed by atoms with Gasteiger partial charge in [0.05, 0.1) is 18.9 Å². The van der Waals surface area contributed by atoms with Crippen LogP contribution < -0.4 is 10.6 Å². The highest BCUT2D eigenvalue weighted by molar-refractivity contribution is 5.40. The lowest BCUT2D eigenvalue weighted by Crippen LogP contribution is -2.21. The first-order valence-corrected chi connectivity index (χ1v) is 5.75. The number of hydrogen-bond acceptors (Lipinski definition) is 6. The fourth-order valence-electron chi connectivity index (χ4n) is 1.66. The van der Waals surface area contributed by atoms with Crippen molar-refractivity contribution in [3.05, 3.63) is 24.5 Å². The van der Waals surface area contributed by atoms with Gasteiger partial charge in [-0.15, -0.1) is 10.2 Å². The lowest BCUT2D eigenvalue weighted by Gasteiger charge is -2.18. The zero-order valence-electron chi connectivity index (χ0n) is 10.8. The summed E-state index contributed by atoms with van der Waals surface area (Å²) in [5.41, 5.74) is 5.61. The molecule has 0 atom stereocenters. The minimum Gasteiger partial charge on any atom is -0.382 e. The first-order valence-electron chi connectivity index (χ1n) is 5.75. The molecule has 0 aliphatic carbocycles. The molecule has 2 aromatic rings. The molecular weight excluding hydrogens is 230 g/mol. The van der Waals surface area contributed by atoms with Crippen molar-refractivity contribution >= 4 is 11.6 Å². The fraction of sp³-hybridized carbons (Fsp3) is 0.455. The van der Waals surface area contributed by atoms with Crippen LogP contribution >= 0.6 is 0 Å². The van der Waals surface area contributed by atoms with Crippen molar-refractivity contribution in [1.29, 1.82) is 0 Å². The molecule has 0 spiro atoms. The highest BCUT2D eigenvalue weighted by Crippen LogP contribution is 2.13. The molecule has 7 nitrogen and oxygen atoms in total. The molecule has 0 radical (unpaired) electrons. The molecular formula is C11H17N7. The van der Waals surface area contributed by atoms with Crippen LogP contribution in [-0.2, 0) is 6.54 Å². The van der Waals surface area contributed by atoms with Gasteiger partial charge < -0.3 is 15.2 Å². The van der Waals surface area contributed by atoms with Crippen molar-refractivity contribution in [3.63, 3.8) is 0 Å². The average Bonchev–Trinajstić information content (AvgIpc) is 2.77. The lowest BCUT2D eigenvalue weighted by molar-refractivity contribution is 0.564. The largest absolute Gasteiger partial charge is 0.382 e. The van der Waals surface area contributed by atoms with Gasteiger partial charge in [0.15, 0.2) is 5.82 Å². The maximum Gasteiger partial charge on any atom is 0.152 e. The Labute approximate surface area is 106 Å². The number of nitrogen functional groups attached to an aromatic ring is 1. The van der Waals surface area contributed by atoms with Crippen LogP contribution in [0.4, 0.5) is 11.6 Å². The predicted molar refractivity (Wildman–Crippen MR) is 69.0 cm³/mol. The van der Waals surface area contributed by atoms with Crippen LogP contribution in [0.15, 0.2) is 18.7 Å². The van der Waals surface area contributed by atoms with E-state index in [1.807, 2.05) is 16.5 Å². The highest BCUT2D eigenvalue weighted by atomic mass is 15.3. The molecule has 0 aliphatic heterocycles. The van der Waals surface area contributed by atoms with Gasteiger partial charge in [-0.05, 0) is 13.8 Å². The molecule has 0 fully saturated rings. The molecule has 2 aromatic heterocycles. The standard InChI is InChI=1S/C11H17N7/c1-8(2)18-7-14-16-11(18)6-17(3)10-5-13-4-9(12)15-10/h4-5,7-8H,6H2,1-3H3,(H2,12,15). The molecule has 7 heteroatoms. The number of hydrogen-bond donors (Lipinski definition) is 1. The summed E-state index contributed by atoms with van der Waals surface area (Å²) in [6.45, 7) is 4.79. The van der Waals surface area contributed by atoms with Gasteiger partial charge in [-0.1, -0.05) is 0 Å². The third-order valence-electron chi connectivity index (χ3n) is 2.61. The SMILES string of the molecule is CC(C)n1cnnc1CN(C)c1cncc(N)n1. The summed E-state index contributed by atoms with van der Waals surface area (Å²) in [6, 6.07) is 0.329. The highest BCUT2D eigenvalue weighted by Gasteiger charge is 2.11. The lowest BCUT2D eigenvalue weighted by atomic mass is 10.3. The molecule has 0 aromatic carbocycles. The third kappa shape index (κ3) is 2.55. The predicted octanol–water partition coefficient (Wildman–Crippen LogP) is 0.868. The summed E-state index contributed by atoms with van der Waals surface area (Å²) in [5, 5.41) is 8.05. The normalized spacial score (nSPS) is 10.9. The monoisotopic (exact) mass is 247 g/mol. The van der Waals surface area contributed by atoms with E-state index in [0.29, 0.717) is 24.2 Å². The Hall–Kier alpha value is -2.18. The van der Waals surface area contributed by atoms with Crippen LogP contribution in [0.3, 0.4) is 0 Å². The Morgan fingerprint density at radius 2 is 2.17 bits per heavy atom. The zero-order chi connectivity index (χ0) is 13.1. The van der Waals surface area contributed by atoms with E-state index in [1.54, 1.807) is 12.5 Å². The van der Waals surface area contributed by atoms with Crippen LogP contribution in [0, 0.1) is 0 Å². The van der Waals surface area contributed by atoms with E-state index in [-0.39, 0.29) is 0 Å². The first-order chi connectivity index (χ1) is 8.58. The molecule has 0 amide bonds. The summed E-state index contributed by atoms with van der Waals surface area (Å²) in [7, 11) is 1.92. The molecule has 0 bridgehead atoms. The second-order valence-electron chi connectivity index (χ2n) is 4.41. The molecule has 0 saturated heterocycles. The fourth-order valence-corrected chi connectivity index (χ4v) is 1.66. The van der Waals surface area contributed by atoms with Gasteiger partial charge in [0.25, 0.3) is 0 Å². The Morgan fingerprint density at radius 3 is 2.83 bits per heavy atom. The number of rotatable bonds is 4. The van der Waals surface area contributed by atoms with Gasteiger partial charge in [0.2, 0.25) is 0 Å². The van der Waals surface area contributed by atoms with Crippen LogP contribution in [0.25, 0.3) is 0 Å².